The van der Waals surface area contributed by atoms with Crippen LogP contribution in [0.2, 0.25) is 0 Å². The van der Waals surface area contributed by atoms with Crippen LogP contribution in [0, 0.1) is 0 Å². The van der Waals surface area contributed by atoms with Gasteiger partial charge in [-0.15, -0.1) is 0 Å². The third-order valence-corrected chi connectivity index (χ3v) is 4.22. The van der Waals surface area contributed by atoms with Gasteiger partial charge in [0.05, 0.1) is 7.11 Å². The molecule has 3 rings (SSSR count). The van der Waals surface area contributed by atoms with E-state index in [0.29, 0.717) is 5.95 Å². The molecule has 0 saturated carbocycles. The van der Waals surface area contributed by atoms with Gasteiger partial charge in [0.15, 0.2) is 0 Å². The van der Waals surface area contributed by atoms with Gasteiger partial charge in [0.25, 0.3) is 0 Å². The van der Waals surface area contributed by atoms with Crippen LogP contribution in [0.1, 0.15) is 18.4 Å². The van der Waals surface area contributed by atoms with E-state index in [1.807, 2.05) is 23.1 Å². The van der Waals surface area contributed by atoms with E-state index in [4.69, 9.17) is 4.74 Å². The van der Waals surface area contributed by atoms with Crippen LogP contribution in [0.4, 0.5) is 10.7 Å². The summed E-state index contributed by atoms with van der Waals surface area (Å²) >= 11 is 0. The highest BCUT2D eigenvalue weighted by molar-refractivity contribution is 5.88. The Hall–Kier alpha value is -2.57. The fraction of sp³-hybridized carbons (Fsp3) is 0.438. The van der Waals surface area contributed by atoms with Gasteiger partial charge in [-0.3, -0.25) is 5.32 Å². The Morgan fingerprint density at radius 3 is 3.00 bits per heavy atom. The lowest BCUT2D eigenvalue weighted by Gasteiger charge is -2.25. The number of likely N-dealkylation sites (tertiary alicyclic amines) is 1. The maximum atomic E-state index is 12.5. The lowest BCUT2D eigenvalue weighted by Crippen LogP contribution is -2.40. The molecular weight excluding hydrogens is 294 g/mol. The molecule has 1 fully saturated rings. The highest BCUT2D eigenvalue weighted by Crippen LogP contribution is 2.26. The summed E-state index contributed by atoms with van der Waals surface area (Å²) in [6.45, 7) is 0.753. The van der Waals surface area contributed by atoms with Gasteiger partial charge in [-0.05, 0) is 30.9 Å². The molecule has 1 aliphatic heterocycles. The van der Waals surface area contributed by atoms with Gasteiger partial charge in [-0.25, -0.2) is 9.48 Å². The number of para-hydroxylation sites is 1. The van der Waals surface area contributed by atoms with Crippen LogP contribution in [0.25, 0.3) is 0 Å². The smallest absolute Gasteiger partial charge is 0.324 e. The van der Waals surface area contributed by atoms with Crippen molar-refractivity contribution in [3.63, 3.8) is 0 Å². The number of carbonyl (C=O) groups excluding carboxylic acids is 1. The highest BCUT2D eigenvalue weighted by Gasteiger charge is 2.30. The summed E-state index contributed by atoms with van der Waals surface area (Å²) in [5.74, 6) is 1.33. The highest BCUT2D eigenvalue weighted by atomic mass is 16.5. The van der Waals surface area contributed by atoms with Crippen molar-refractivity contribution in [1.29, 1.82) is 0 Å². The fourth-order valence-electron chi connectivity index (χ4n) is 3.02. The molecule has 0 spiro atoms. The molecule has 0 radical (unpaired) electrons. The minimum Gasteiger partial charge on any atom is -0.496 e. The molecule has 0 aliphatic carbocycles. The first-order valence-corrected chi connectivity index (χ1v) is 7.72. The van der Waals surface area contributed by atoms with Crippen molar-refractivity contribution in [1.82, 2.24) is 19.7 Å². The number of amides is 2. The SMILES string of the molecule is COc1ccccc1CC1CCCN1C(=O)Nc1ncnn1C. The second-order valence-electron chi connectivity index (χ2n) is 5.64. The first-order valence-electron chi connectivity index (χ1n) is 7.72. The molecule has 2 amide bonds. The van der Waals surface area contributed by atoms with Crippen LogP contribution in [-0.4, -0.2) is 45.4 Å². The average molecular weight is 315 g/mol. The third kappa shape index (κ3) is 3.28. The predicted octanol–water partition coefficient (Wildman–Crippen LogP) is 2.06. The van der Waals surface area contributed by atoms with E-state index in [0.717, 1.165) is 37.1 Å². The molecule has 1 saturated heterocycles. The van der Waals surface area contributed by atoms with Crippen LogP contribution < -0.4 is 10.1 Å². The Labute approximate surface area is 135 Å². The van der Waals surface area contributed by atoms with Gasteiger partial charge in [0.2, 0.25) is 5.95 Å². The molecule has 1 aromatic heterocycles. The molecule has 0 bridgehead atoms. The van der Waals surface area contributed by atoms with E-state index in [1.54, 1.807) is 18.8 Å². The zero-order valence-electron chi connectivity index (χ0n) is 13.4. The number of carbonyl (C=O) groups is 1. The molecule has 7 nitrogen and oxygen atoms in total. The van der Waals surface area contributed by atoms with Crippen molar-refractivity contribution in [2.45, 2.75) is 25.3 Å². The number of hydrogen-bond acceptors (Lipinski definition) is 4. The van der Waals surface area contributed by atoms with Crippen LogP contribution in [0.5, 0.6) is 5.75 Å². The lowest BCUT2D eigenvalue weighted by molar-refractivity contribution is 0.205. The minimum absolute atomic E-state index is 0.126. The molecule has 1 aliphatic rings. The summed E-state index contributed by atoms with van der Waals surface area (Å²) in [5.41, 5.74) is 1.12. The van der Waals surface area contributed by atoms with Crippen molar-refractivity contribution >= 4 is 12.0 Å². The van der Waals surface area contributed by atoms with Crippen LogP contribution in [0.15, 0.2) is 30.6 Å². The minimum atomic E-state index is -0.126. The van der Waals surface area contributed by atoms with Gasteiger partial charge in [-0.2, -0.15) is 10.1 Å². The number of urea groups is 1. The Balaban J connectivity index is 1.70. The van der Waals surface area contributed by atoms with E-state index >= 15 is 0 Å². The molecule has 7 heteroatoms. The summed E-state index contributed by atoms with van der Waals surface area (Å²) in [6, 6.07) is 7.99. The number of anilines is 1. The zero-order valence-corrected chi connectivity index (χ0v) is 13.4. The maximum absolute atomic E-state index is 12.5. The number of ether oxygens (including phenoxy) is 1. The summed E-state index contributed by atoms with van der Waals surface area (Å²) in [7, 11) is 3.42. The molecule has 1 N–H and O–H groups in total. The number of nitrogens with zero attached hydrogens (tertiary/aromatic N) is 4. The first kappa shape index (κ1) is 15.3. The van der Waals surface area contributed by atoms with Crippen molar-refractivity contribution < 1.29 is 9.53 Å². The lowest BCUT2D eigenvalue weighted by atomic mass is 10.0. The largest absolute Gasteiger partial charge is 0.496 e. The molecule has 1 aromatic carbocycles. The van der Waals surface area contributed by atoms with Crippen LogP contribution in [-0.2, 0) is 13.5 Å². The van der Waals surface area contributed by atoms with E-state index in [2.05, 4.69) is 21.5 Å². The third-order valence-electron chi connectivity index (χ3n) is 4.22. The number of benzene rings is 1. The molecule has 122 valence electrons. The number of aryl methyl sites for hydroxylation is 1. The van der Waals surface area contributed by atoms with Crippen LogP contribution in [0.3, 0.4) is 0 Å². The molecule has 2 heterocycles. The number of rotatable bonds is 4. The summed E-state index contributed by atoms with van der Waals surface area (Å²) in [5, 5.41) is 6.78. The first-order chi connectivity index (χ1) is 11.2. The second-order valence-corrected chi connectivity index (χ2v) is 5.64. The van der Waals surface area contributed by atoms with Crippen LogP contribution >= 0.6 is 0 Å². The van der Waals surface area contributed by atoms with Crippen molar-refractivity contribution in [2.75, 3.05) is 19.0 Å². The Bertz CT molecular complexity index is 685. The molecule has 1 unspecified atom stereocenters. The number of nitrogens with one attached hydrogen (secondary N) is 1. The monoisotopic (exact) mass is 315 g/mol. The van der Waals surface area contributed by atoms with Gasteiger partial charge >= 0.3 is 6.03 Å². The van der Waals surface area contributed by atoms with Crippen molar-refractivity contribution in [3.8, 4) is 5.75 Å². The van der Waals surface area contributed by atoms with Crippen molar-refractivity contribution in [3.05, 3.63) is 36.2 Å². The predicted molar refractivity (Wildman–Crippen MR) is 86.4 cm³/mol. The molecule has 2 aromatic rings. The van der Waals surface area contributed by atoms with E-state index in [-0.39, 0.29) is 12.1 Å². The standard InChI is InChI=1S/C16H21N5O2/c1-20-15(17-11-18-20)19-16(22)21-9-5-7-13(21)10-12-6-3-4-8-14(12)23-2/h3-4,6,8,11,13H,5,7,9-10H2,1-2H3,(H,17,18,19,22). The Kier molecular flexibility index (Phi) is 4.45. The number of aromatic nitrogens is 3. The van der Waals surface area contributed by atoms with Crippen molar-refractivity contribution in [2.24, 2.45) is 7.05 Å². The Morgan fingerprint density at radius 1 is 1.43 bits per heavy atom. The molecular formula is C16H21N5O2. The summed E-state index contributed by atoms with van der Waals surface area (Å²) in [4.78, 5) is 18.4. The van der Waals surface area contributed by atoms with Gasteiger partial charge in [0, 0.05) is 19.6 Å². The van der Waals surface area contributed by atoms with Gasteiger partial charge < -0.3 is 9.64 Å². The normalized spacial score (nSPS) is 17.3. The molecule has 23 heavy (non-hydrogen) atoms. The van der Waals surface area contributed by atoms with E-state index in [1.165, 1.54) is 6.33 Å². The van der Waals surface area contributed by atoms with E-state index < -0.39 is 0 Å². The van der Waals surface area contributed by atoms with E-state index in [9.17, 15) is 4.79 Å². The quantitative estimate of drug-likeness (QED) is 0.937. The maximum Gasteiger partial charge on any atom is 0.324 e. The number of hydrogen-bond donors (Lipinski definition) is 1. The summed E-state index contributed by atoms with van der Waals surface area (Å²) < 4.78 is 6.96. The van der Waals surface area contributed by atoms with Gasteiger partial charge in [0.1, 0.15) is 12.1 Å². The zero-order chi connectivity index (χ0) is 16.2. The molecule has 1 atom stereocenters. The fourth-order valence-corrected chi connectivity index (χ4v) is 3.02. The van der Waals surface area contributed by atoms with Gasteiger partial charge in [-0.1, -0.05) is 18.2 Å². The second kappa shape index (κ2) is 6.68. The summed E-state index contributed by atoms with van der Waals surface area (Å²) in [6.07, 6.45) is 4.21. The number of methoxy groups -OCH3 is 1. The average Bonchev–Trinajstić information content (AvgIpc) is 3.17. The topological polar surface area (TPSA) is 72.3 Å². The Morgan fingerprint density at radius 2 is 2.26 bits per heavy atom.